The zero-order chi connectivity index (χ0) is 14.8. The maximum absolute atomic E-state index is 13.0. The second-order valence-electron chi connectivity index (χ2n) is 4.43. The molecule has 0 atom stereocenters. The van der Waals surface area contributed by atoms with E-state index in [2.05, 4.69) is 16.9 Å². The molecule has 0 saturated heterocycles. The third kappa shape index (κ3) is 3.39. The average Bonchev–Trinajstić information content (AvgIpc) is 2.26. The van der Waals surface area contributed by atoms with Crippen molar-refractivity contribution >= 4 is 5.69 Å². The van der Waals surface area contributed by atoms with Gasteiger partial charge in [0.2, 0.25) is 0 Å². The standard InChI is InChI=1S/C13H18F3N3/c1-5-6-10-7(2)11(18-9(4)17)8(3)12(19-10)13(14,15)16/h4-6,17H2,1-3H3,(H,18,19). The lowest BCUT2D eigenvalue weighted by Crippen LogP contribution is -2.17. The Labute approximate surface area is 110 Å². The van der Waals surface area contributed by atoms with Crippen molar-refractivity contribution in [2.75, 3.05) is 5.32 Å². The van der Waals surface area contributed by atoms with Crippen molar-refractivity contribution < 1.29 is 13.2 Å². The molecule has 6 heteroatoms. The zero-order valence-electron chi connectivity index (χ0n) is 11.3. The monoisotopic (exact) mass is 273 g/mol. The first-order chi connectivity index (χ1) is 8.68. The van der Waals surface area contributed by atoms with Gasteiger partial charge in [-0.25, -0.2) is 4.98 Å². The molecular formula is C13H18F3N3. The topological polar surface area (TPSA) is 50.9 Å². The summed E-state index contributed by atoms with van der Waals surface area (Å²) in [6, 6.07) is 0. The summed E-state index contributed by atoms with van der Waals surface area (Å²) in [5.41, 5.74) is 6.07. The van der Waals surface area contributed by atoms with Gasteiger partial charge in [-0.1, -0.05) is 19.9 Å². The van der Waals surface area contributed by atoms with E-state index < -0.39 is 11.9 Å². The first-order valence-corrected chi connectivity index (χ1v) is 5.97. The van der Waals surface area contributed by atoms with Crippen LogP contribution in [0, 0.1) is 13.8 Å². The van der Waals surface area contributed by atoms with Gasteiger partial charge in [0.25, 0.3) is 0 Å². The maximum Gasteiger partial charge on any atom is 0.433 e. The van der Waals surface area contributed by atoms with Crippen LogP contribution in [0.1, 0.15) is 35.9 Å². The molecule has 1 aromatic rings. The molecule has 3 nitrogen and oxygen atoms in total. The maximum atomic E-state index is 13.0. The Bertz CT molecular complexity index is 493. The Balaban J connectivity index is 3.50. The van der Waals surface area contributed by atoms with Crippen molar-refractivity contribution in [3.8, 4) is 0 Å². The number of halogens is 3. The van der Waals surface area contributed by atoms with Gasteiger partial charge in [0.1, 0.15) is 5.69 Å². The van der Waals surface area contributed by atoms with Crippen LogP contribution >= 0.6 is 0 Å². The number of nitrogens with one attached hydrogen (secondary N) is 1. The molecular weight excluding hydrogens is 255 g/mol. The Morgan fingerprint density at radius 2 is 1.89 bits per heavy atom. The fourth-order valence-corrected chi connectivity index (χ4v) is 1.95. The first-order valence-electron chi connectivity index (χ1n) is 5.97. The number of hydrogen-bond donors (Lipinski definition) is 2. The molecule has 1 aromatic heterocycles. The van der Waals surface area contributed by atoms with E-state index in [9.17, 15) is 13.2 Å². The van der Waals surface area contributed by atoms with Gasteiger partial charge in [0, 0.05) is 16.9 Å². The van der Waals surface area contributed by atoms with Gasteiger partial charge in [-0.05, 0) is 25.8 Å². The summed E-state index contributed by atoms with van der Waals surface area (Å²) in [5.74, 6) is 0.105. The van der Waals surface area contributed by atoms with Gasteiger partial charge in [0.15, 0.2) is 0 Å². The summed E-state index contributed by atoms with van der Waals surface area (Å²) in [7, 11) is 0. The van der Waals surface area contributed by atoms with E-state index >= 15 is 0 Å². The molecule has 19 heavy (non-hydrogen) atoms. The van der Waals surface area contributed by atoms with Crippen LogP contribution in [0.4, 0.5) is 18.9 Å². The van der Waals surface area contributed by atoms with Gasteiger partial charge in [-0.15, -0.1) is 0 Å². The number of aryl methyl sites for hydroxylation is 1. The van der Waals surface area contributed by atoms with Crippen molar-refractivity contribution in [2.24, 2.45) is 5.73 Å². The predicted octanol–water partition coefficient (Wildman–Crippen LogP) is 3.51. The summed E-state index contributed by atoms with van der Waals surface area (Å²) < 4.78 is 38.9. The van der Waals surface area contributed by atoms with E-state index in [-0.39, 0.29) is 11.4 Å². The molecule has 0 aliphatic rings. The number of alkyl halides is 3. The minimum Gasteiger partial charge on any atom is -0.386 e. The molecule has 0 unspecified atom stereocenters. The number of nitrogens with zero attached hydrogens (tertiary/aromatic N) is 1. The summed E-state index contributed by atoms with van der Waals surface area (Å²) >= 11 is 0. The third-order valence-corrected chi connectivity index (χ3v) is 2.83. The van der Waals surface area contributed by atoms with Crippen LogP contribution in [0.25, 0.3) is 0 Å². The number of nitrogens with two attached hydrogens (primary N) is 1. The molecule has 1 rings (SSSR count). The lowest BCUT2D eigenvalue weighted by atomic mass is 10.0. The molecule has 106 valence electrons. The molecule has 0 radical (unpaired) electrons. The molecule has 0 bridgehead atoms. The van der Waals surface area contributed by atoms with Gasteiger partial charge in [-0.2, -0.15) is 13.2 Å². The summed E-state index contributed by atoms with van der Waals surface area (Å²) in [4.78, 5) is 3.77. The van der Waals surface area contributed by atoms with Crippen LogP contribution in [0.15, 0.2) is 12.4 Å². The number of rotatable bonds is 4. The van der Waals surface area contributed by atoms with E-state index in [1.54, 1.807) is 6.92 Å². The van der Waals surface area contributed by atoms with Crippen molar-refractivity contribution in [1.29, 1.82) is 0 Å². The van der Waals surface area contributed by atoms with Crippen molar-refractivity contribution in [3.05, 3.63) is 34.9 Å². The fraction of sp³-hybridized carbons (Fsp3) is 0.462. The van der Waals surface area contributed by atoms with Crippen LogP contribution in [0.5, 0.6) is 0 Å². The molecule has 1 heterocycles. The molecule has 3 N–H and O–H groups in total. The minimum atomic E-state index is -4.48. The summed E-state index contributed by atoms with van der Waals surface area (Å²) in [6.07, 6.45) is -3.27. The van der Waals surface area contributed by atoms with Gasteiger partial charge in [-0.3, -0.25) is 0 Å². The van der Waals surface area contributed by atoms with Crippen LogP contribution in [-0.4, -0.2) is 4.98 Å². The molecule has 0 fully saturated rings. The van der Waals surface area contributed by atoms with Crippen LogP contribution in [0.2, 0.25) is 0 Å². The minimum absolute atomic E-state index is 0.0384. The summed E-state index contributed by atoms with van der Waals surface area (Å²) in [5, 5.41) is 2.70. The number of anilines is 1. The Kier molecular flexibility index (Phi) is 4.44. The van der Waals surface area contributed by atoms with E-state index in [1.165, 1.54) is 6.92 Å². The average molecular weight is 273 g/mol. The molecule has 0 spiro atoms. The van der Waals surface area contributed by atoms with E-state index in [0.29, 0.717) is 23.4 Å². The van der Waals surface area contributed by atoms with Gasteiger partial charge < -0.3 is 11.1 Å². The highest BCUT2D eigenvalue weighted by atomic mass is 19.4. The van der Waals surface area contributed by atoms with E-state index in [1.807, 2.05) is 6.92 Å². The van der Waals surface area contributed by atoms with E-state index in [4.69, 9.17) is 5.73 Å². The third-order valence-electron chi connectivity index (χ3n) is 2.83. The SMILES string of the molecule is C=C(N)Nc1c(C)c(CCC)nc(C(F)(F)F)c1C. The Morgan fingerprint density at radius 1 is 1.32 bits per heavy atom. The fourth-order valence-electron chi connectivity index (χ4n) is 1.95. The van der Waals surface area contributed by atoms with Crippen molar-refractivity contribution in [2.45, 2.75) is 39.8 Å². The number of pyridine rings is 1. The molecule has 0 aliphatic carbocycles. The molecule has 0 aromatic carbocycles. The summed E-state index contributed by atoms with van der Waals surface area (Å²) in [6.45, 7) is 8.47. The van der Waals surface area contributed by atoms with Gasteiger partial charge in [0.05, 0.1) is 5.82 Å². The highest BCUT2D eigenvalue weighted by Crippen LogP contribution is 2.36. The lowest BCUT2D eigenvalue weighted by molar-refractivity contribution is -0.141. The Hall–Kier alpha value is -1.72. The highest BCUT2D eigenvalue weighted by Gasteiger charge is 2.36. The second kappa shape index (κ2) is 5.50. The highest BCUT2D eigenvalue weighted by molar-refractivity contribution is 5.62. The smallest absolute Gasteiger partial charge is 0.386 e. The molecule has 0 amide bonds. The largest absolute Gasteiger partial charge is 0.433 e. The van der Waals surface area contributed by atoms with Crippen molar-refractivity contribution in [3.63, 3.8) is 0 Å². The van der Waals surface area contributed by atoms with Crippen molar-refractivity contribution in [1.82, 2.24) is 4.98 Å². The number of aromatic nitrogens is 1. The van der Waals surface area contributed by atoms with Gasteiger partial charge >= 0.3 is 6.18 Å². The normalized spacial score (nSPS) is 11.5. The first kappa shape index (κ1) is 15.3. The predicted molar refractivity (Wildman–Crippen MR) is 69.7 cm³/mol. The zero-order valence-corrected chi connectivity index (χ0v) is 11.3. The number of hydrogen-bond acceptors (Lipinski definition) is 3. The van der Waals surface area contributed by atoms with Crippen LogP contribution in [-0.2, 0) is 12.6 Å². The van der Waals surface area contributed by atoms with Crippen LogP contribution in [0.3, 0.4) is 0 Å². The molecule has 0 saturated carbocycles. The lowest BCUT2D eigenvalue weighted by Gasteiger charge is -2.19. The van der Waals surface area contributed by atoms with E-state index in [0.717, 1.165) is 6.42 Å². The second-order valence-corrected chi connectivity index (χ2v) is 4.43. The van der Waals surface area contributed by atoms with Crippen LogP contribution < -0.4 is 11.1 Å². The Morgan fingerprint density at radius 3 is 2.32 bits per heavy atom. The molecule has 0 aliphatic heterocycles. The quantitative estimate of drug-likeness (QED) is 0.882.